The molecule has 2 saturated heterocycles. The second kappa shape index (κ2) is 14.4. The number of hydrogen-bond donors (Lipinski definition) is 1. The maximum atomic E-state index is 13.8. The van der Waals surface area contributed by atoms with Gasteiger partial charge < -0.3 is 33.5 Å². The molecule has 0 spiro atoms. The summed E-state index contributed by atoms with van der Waals surface area (Å²) in [5.41, 5.74) is 0.742. The van der Waals surface area contributed by atoms with Gasteiger partial charge in [-0.3, -0.25) is 9.59 Å². The fourth-order valence-corrected chi connectivity index (χ4v) is 8.97. The third-order valence-electron chi connectivity index (χ3n) is 11.3. The van der Waals surface area contributed by atoms with Gasteiger partial charge in [0.25, 0.3) is 0 Å². The lowest BCUT2D eigenvalue weighted by molar-refractivity contribution is -0.317. The van der Waals surface area contributed by atoms with E-state index >= 15 is 0 Å². The summed E-state index contributed by atoms with van der Waals surface area (Å²) in [5, 5.41) is 10.9. The molecular weight excluding hydrogens is 552 g/mol. The van der Waals surface area contributed by atoms with Gasteiger partial charge in [0.2, 0.25) is 0 Å². The molecule has 9 nitrogen and oxygen atoms in total. The lowest BCUT2D eigenvalue weighted by Crippen LogP contribution is -2.60. The number of esters is 1. The molecule has 14 atom stereocenters. The Kier molecular flexibility index (Phi) is 11.0. The maximum Gasteiger partial charge on any atom is 0.306 e. The van der Waals surface area contributed by atoms with Crippen LogP contribution in [0.4, 0.5) is 0 Å². The van der Waals surface area contributed by atoms with Crippen molar-refractivity contribution in [2.75, 3.05) is 20.8 Å². The van der Waals surface area contributed by atoms with Crippen molar-refractivity contribution in [2.24, 2.45) is 35.5 Å². The Labute approximate surface area is 257 Å². The van der Waals surface area contributed by atoms with Crippen molar-refractivity contribution in [1.82, 2.24) is 0 Å². The fraction of sp³-hybridized carbons (Fsp3) is 0.882. The summed E-state index contributed by atoms with van der Waals surface area (Å²) in [4.78, 5) is 27.0. The van der Waals surface area contributed by atoms with Gasteiger partial charge in [-0.05, 0) is 94.5 Å². The van der Waals surface area contributed by atoms with Gasteiger partial charge in [0, 0.05) is 32.7 Å². The van der Waals surface area contributed by atoms with Crippen LogP contribution in [0.2, 0.25) is 0 Å². The molecule has 0 aromatic rings. The van der Waals surface area contributed by atoms with Crippen LogP contribution in [-0.4, -0.2) is 86.7 Å². The normalized spacial score (nSPS) is 45.7. The highest BCUT2D eigenvalue weighted by Gasteiger charge is 2.53. The number of methoxy groups -OCH3 is 2. The van der Waals surface area contributed by atoms with Crippen LogP contribution >= 0.6 is 0 Å². The van der Waals surface area contributed by atoms with Gasteiger partial charge in [0.1, 0.15) is 24.4 Å². The summed E-state index contributed by atoms with van der Waals surface area (Å²) in [6, 6.07) is 0. The Morgan fingerprint density at radius 1 is 0.953 bits per heavy atom. The molecule has 0 unspecified atom stereocenters. The van der Waals surface area contributed by atoms with Gasteiger partial charge in [0.15, 0.2) is 12.1 Å². The Morgan fingerprint density at radius 2 is 1.72 bits per heavy atom. The van der Waals surface area contributed by atoms with Gasteiger partial charge in [-0.15, -0.1) is 0 Å². The maximum absolute atomic E-state index is 13.8. The van der Waals surface area contributed by atoms with Crippen LogP contribution in [0, 0.1) is 35.5 Å². The van der Waals surface area contributed by atoms with Crippen molar-refractivity contribution < 1.29 is 43.1 Å². The molecule has 0 amide bonds. The SMILES string of the molecule is CCO[C@@H]1[C@@H](OC)[C@H](C)O[C@@H](O[C@@H]2C[C@H]3CC[C@@H]4[C@@H](C=C5C(=O)[C@H](C)[C@@H](O)CCC[C@H](CC)OC(=O)C[C@H]54)[C@@H]3C2)[C@@H]1OC. The van der Waals surface area contributed by atoms with Crippen LogP contribution in [0.25, 0.3) is 0 Å². The number of hydrogen-bond acceptors (Lipinski definition) is 9. The summed E-state index contributed by atoms with van der Waals surface area (Å²) >= 11 is 0. The van der Waals surface area contributed by atoms with E-state index in [9.17, 15) is 14.7 Å². The van der Waals surface area contributed by atoms with E-state index in [0.717, 1.165) is 50.5 Å². The molecule has 0 aromatic carbocycles. The smallest absolute Gasteiger partial charge is 0.306 e. The number of rotatable bonds is 7. The summed E-state index contributed by atoms with van der Waals surface area (Å²) in [7, 11) is 3.33. The number of carbonyl (C=O) groups excluding carboxylic acids is 2. The third kappa shape index (κ3) is 6.77. The van der Waals surface area contributed by atoms with E-state index in [2.05, 4.69) is 6.08 Å². The zero-order chi connectivity index (χ0) is 30.8. The number of aliphatic hydroxyl groups excluding tert-OH is 1. The second-order valence-corrected chi connectivity index (χ2v) is 13.6. The van der Waals surface area contributed by atoms with Crippen molar-refractivity contribution in [3.05, 3.63) is 11.6 Å². The van der Waals surface area contributed by atoms with Crippen LogP contribution in [-0.2, 0) is 38.0 Å². The van der Waals surface area contributed by atoms with Crippen molar-refractivity contribution in [3.8, 4) is 0 Å². The number of cyclic esters (lactones) is 1. The van der Waals surface area contributed by atoms with Crippen LogP contribution in [0.5, 0.6) is 0 Å². The summed E-state index contributed by atoms with van der Waals surface area (Å²) < 4.78 is 36.5. The standard InChI is InChI=1S/C34H54O9/c1-7-21-10-9-11-28(35)18(3)30(37)27-16-25-23(26(27)17-29(36)42-21)13-12-20-14-22(15-24(20)25)43-34-33(39-6)32(40-8-2)31(38-5)19(4)41-34/h16,18-26,28,31-35H,7-15,17H2,1-6H3/t18-,19+,20-,21+,22-,23-,24-,25-,26+,28+,31+,32-,33-,34+/m1/s1. The minimum Gasteiger partial charge on any atom is -0.462 e. The molecule has 9 heteroatoms. The molecular formula is C34H54O9. The summed E-state index contributed by atoms with van der Waals surface area (Å²) in [5.74, 6) is 0.435. The van der Waals surface area contributed by atoms with E-state index in [1.165, 1.54) is 0 Å². The number of ether oxygens (including phenoxy) is 6. The predicted molar refractivity (Wildman–Crippen MR) is 159 cm³/mol. The molecule has 5 rings (SSSR count). The van der Waals surface area contributed by atoms with Crippen molar-refractivity contribution >= 4 is 11.8 Å². The molecule has 0 bridgehead atoms. The first-order valence-corrected chi connectivity index (χ1v) is 16.8. The Morgan fingerprint density at radius 3 is 2.42 bits per heavy atom. The summed E-state index contributed by atoms with van der Waals surface area (Å²) in [6.45, 7) is 8.36. The first kappa shape index (κ1) is 33.0. The zero-order valence-corrected chi connectivity index (χ0v) is 26.9. The molecule has 5 aliphatic rings. The van der Waals surface area contributed by atoms with E-state index in [-0.39, 0.29) is 66.4 Å². The number of fused-ring (bicyclic) bond motifs is 5. The van der Waals surface area contributed by atoms with E-state index in [1.807, 2.05) is 27.7 Å². The molecule has 244 valence electrons. The summed E-state index contributed by atoms with van der Waals surface area (Å²) in [6.07, 6.45) is 6.42. The van der Waals surface area contributed by atoms with Crippen molar-refractivity contribution in [3.63, 3.8) is 0 Å². The van der Waals surface area contributed by atoms with Crippen molar-refractivity contribution in [1.29, 1.82) is 0 Å². The van der Waals surface area contributed by atoms with Gasteiger partial charge >= 0.3 is 5.97 Å². The van der Waals surface area contributed by atoms with E-state index in [1.54, 1.807) is 14.2 Å². The molecule has 2 heterocycles. The average Bonchev–Trinajstić information content (AvgIpc) is 3.56. The van der Waals surface area contributed by atoms with E-state index < -0.39 is 24.4 Å². The predicted octanol–water partition coefficient (Wildman–Crippen LogP) is 4.62. The zero-order valence-electron chi connectivity index (χ0n) is 26.9. The monoisotopic (exact) mass is 606 g/mol. The second-order valence-electron chi connectivity index (χ2n) is 13.6. The lowest BCUT2D eigenvalue weighted by Gasteiger charge is -2.44. The molecule has 3 aliphatic carbocycles. The highest BCUT2D eigenvalue weighted by atomic mass is 16.7. The highest BCUT2D eigenvalue weighted by molar-refractivity contribution is 5.99. The number of aliphatic hydroxyl groups is 1. The topological polar surface area (TPSA) is 110 Å². The minimum absolute atomic E-state index is 0.00158. The Hall–Kier alpha value is -1.36. The fourth-order valence-electron chi connectivity index (χ4n) is 8.97. The molecule has 0 radical (unpaired) electrons. The number of Topliss-reactive ketones (excluding diaryl/α,β-unsaturated/α-hetero) is 1. The molecule has 0 aromatic heterocycles. The highest BCUT2D eigenvalue weighted by Crippen LogP contribution is 2.56. The van der Waals surface area contributed by atoms with Gasteiger partial charge in [0.05, 0.1) is 24.7 Å². The first-order valence-electron chi connectivity index (χ1n) is 16.8. The van der Waals surface area contributed by atoms with Gasteiger partial charge in [-0.1, -0.05) is 19.9 Å². The van der Waals surface area contributed by atoms with E-state index in [4.69, 9.17) is 28.4 Å². The largest absolute Gasteiger partial charge is 0.462 e. The average molecular weight is 607 g/mol. The number of ketones is 1. The number of allylic oxidation sites excluding steroid dienone is 2. The molecule has 2 saturated carbocycles. The third-order valence-corrected chi connectivity index (χ3v) is 11.3. The Bertz CT molecular complexity index is 998. The first-order chi connectivity index (χ1) is 20.7. The van der Waals surface area contributed by atoms with Crippen LogP contribution in [0.3, 0.4) is 0 Å². The van der Waals surface area contributed by atoms with Crippen LogP contribution < -0.4 is 0 Å². The molecule has 43 heavy (non-hydrogen) atoms. The number of carbonyl (C=O) groups is 2. The van der Waals surface area contributed by atoms with Gasteiger partial charge in [-0.2, -0.15) is 0 Å². The molecule has 2 aliphatic heterocycles. The van der Waals surface area contributed by atoms with Crippen LogP contribution in [0.15, 0.2) is 11.6 Å². The van der Waals surface area contributed by atoms with Crippen molar-refractivity contribution in [2.45, 2.75) is 135 Å². The van der Waals surface area contributed by atoms with Gasteiger partial charge in [-0.25, -0.2) is 0 Å². The minimum atomic E-state index is -0.689. The lowest BCUT2D eigenvalue weighted by atomic mass is 9.66. The van der Waals surface area contributed by atoms with E-state index in [0.29, 0.717) is 24.9 Å². The Balaban J connectivity index is 1.33. The molecule has 1 N–H and O–H groups in total. The molecule has 4 fully saturated rings. The van der Waals surface area contributed by atoms with Crippen LogP contribution in [0.1, 0.15) is 85.5 Å². The quantitative estimate of drug-likeness (QED) is 0.415.